The molecule has 0 unspecified atom stereocenters. The van der Waals surface area contributed by atoms with Crippen molar-refractivity contribution in [3.63, 3.8) is 0 Å². The summed E-state index contributed by atoms with van der Waals surface area (Å²) in [4.78, 5) is 46.8. The van der Waals surface area contributed by atoms with Crippen LogP contribution in [0.4, 0.5) is 5.82 Å². The standard InChI is InChI=1S/C22H25N5O3/c1-22(2,14-18(28)25-20(23)15-8-4-3-5-9-15)26-21(30)16-10-6-11-17(24-16)27-13-7-12-19(27)29/h3-6,8-11H,7,12-14H2,1-2H3,(H,26,30)(H2,23,25,28). The molecule has 3 rings (SSSR count). The van der Waals surface area contributed by atoms with Crippen molar-refractivity contribution in [2.24, 2.45) is 10.7 Å². The lowest BCUT2D eigenvalue weighted by molar-refractivity contribution is -0.119. The van der Waals surface area contributed by atoms with E-state index < -0.39 is 17.4 Å². The minimum atomic E-state index is -0.865. The number of amides is 3. The van der Waals surface area contributed by atoms with Crippen LogP contribution in [0.5, 0.6) is 0 Å². The first-order valence-corrected chi connectivity index (χ1v) is 9.77. The Morgan fingerprint density at radius 3 is 2.57 bits per heavy atom. The fraction of sp³-hybridized carbons (Fsp3) is 0.318. The van der Waals surface area contributed by atoms with Gasteiger partial charge in [-0.15, -0.1) is 0 Å². The highest BCUT2D eigenvalue weighted by Gasteiger charge is 2.27. The van der Waals surface area contributed by atoms with Crippen molar-refractivity contribution in [3.8, 4) is 0 Å². The van der Waals surface area contributed by atoms with E-state index in [1.54, 1.807) is 49.1 Å². The highest BCUT2D eigenvalue weighted by atomic mass is 16.2. The summed E-state index contributed by atoms with van der Waals surface area (Å²) in [5.74, 6) is -0.279. The summed E-state index contributed by atoms with van der Waals surface area (Å²) in [6, 6.07) is 14.0. The fourth-order valence-corrected chi connectivity index (χ4v) is 3.23. The van der Waals surface area contributed by atoms with Gasteiger partial charge in [0, 0.05) is 24.1 Å². The second-order valence-electron chi connectivity index (χ2n) is 7.80. The molecule has 0 bridgehead atoms. The van der Waals surface area contributed by atoms with Gasteiger partial charge >= 0.3 is 0 Å². The topological polar surface area (TPSA) is 118 Å². The van der Waals surface area contributed by atoms with Crippen molar-refractivity contribution >= 4 is 29.4 Å². The van der Waals surface area contributed by atoms with Gasteiger partial charge in [-0.25, -0.2) is 4.98 Å². The molecule has 30 heavy (non-hydrogen) atoms. The predicted octanol–water partition coefficient (Wildman–Crippen LogP) is 2.04. The van der Waals surface area contributed by atoms with Gasteiger partial charge in [-0.2, -0.15) is 4.99 Å². The van der Waals surface area contributed by atoms with Gasteiger partial charge in [0.1, 0.15) is 17.3 Å². The molecule has 1 saturated heterocycles. The summed E-state index contributed by atoms with van der Waals surface area (Å²) < 4.78 is 0. The first kappa shape index (κ1) is 21.2. The summed E-state index contributed by atoms with van der Waals surface area (Å²) in [6.45, 7) is 4.05. The largest absolute Gasteiger partial charge is 0.383 e. The van der Waals surface area contributed by atoms with Crippen LogP contribution < -0.4 is 16.0 Å². The molecule has 8 heteroatoms. The molecule has 2 aromatic rings. The third-order valence-electron chi connectivity index (χ3n) is 4.68. The molecule has 1 aromatic heterocycles. The lowest BCUT2D eigenvalue weighted by Gasteiger charge is -2.25. The molecule has 156 valence electrons. The maximum Gasteiger partial charge on any atom is 0.270 e. The number of rotatable bonds is 6. The zero-order chi connectivity index (χ0) is 21.7. The summed E-state index contributed by atoms with van der Waals surface area (Å²) in [7, 11) is 0. The normalized spacial score (nSPS) is 14.7. The number of pyridine rings is 1. The third kappa shape index (κ3) is 5.28. The monoisotopic (exact) mass is 407 g/mol. The Kier molecular flexibility index (Phi) is 6.25. The van der Waals surface area contributed by atoms with Crippen LogP contribution in [0.3, 0.4) is 0 Å². The van der Waals surface area contributed by atoms with E-state index in [9.17, 15) is 14.4 Å². The Labute approximate surface area is 175 Å². The van der Waals surface area contributed by atoms with Crippen LogP contribution >= 0.6 is 0 Å². The van der Waals surface area contributed by atoms with Gasteiger partial charge in [-0.1, -0.05) is 36.4 Å². The molecule has 1 aliphatic heterocycles. The molecule has 1 fully saturated rings. The predicted molar refractivity (Wildman–Crippen MR) is 114 cm³/mol. The molecule has 3 amide bonds. The lowest BCUT2D eigenvalue weighted by Crippen LogP contribution is -2.45. The number of hydrogen-bond acceptors (Lipinski definition) is 4. The summed E-state index contributed by atoms with van der Waals surface area (Å²) in [6.07, 6.45) is 1.23. The molecular formula is C22H25N5O3. The fourth-order valence-electron chi connectivity index (χ4n) is 3.23. The van der Waals surface area contributed by atoms with Crippen molar-refractivity contribution in [2.75, 3.05) is 11.4 Å². The average Bonchev–Trinajstić information content (AvgIpc) is 3.13. The number of amidine groups is 1. The zero-order valence-electron chi connectivity index (χ0n) is 17.1. The Hall–Kier alpha value is -3.55. The molecule has 3 N–H and O–H groups in total. The van der Waals surface area contributed by atoms with E-state index in [0.717, 1.165) is 6.42 Å². The van der Waals surface area contributed by atoms with Gasteiger partial charge in [0.05, 0.1) is 6.42 Å². The van der Waals surface area contributed by atoms with Crippen molar-refractivity contribution < 1.29 is 14.4 Å². The molecule has 0 spiro atoms. The van der Waals surface area contributed by atoms with Gasteiger partial charge in [-0.3, -0.25) is 19.3 Å². The second-order valence-corrected chi connectivity index (χ2v) is 7.80. The van der Waals surface area contributed by atoms with E-state index in [-0.39, 0.29) is 23.9 Å². The quantitative estimate of drug-likeness (QED) is 0.561. The second kappa shape index (κ2) is 8.86. The molecular weight excluding hydrogens is 382 g/mol. The molecule has 0 radical (unpaired) electrons. The van der Waals surface area contributed by atoms with Crippen LogP contribution in [0, 0.1) is 0 Å². The maximum atomic E-state index is 12.7. The number of hydrogen-bond donors (Lipinski definition) is 2. The number of carbonyl (C=O) groups is 3. The Balaban J connectivity index is 1.65. The highest BCUT2D eigenvalue weighted by Crippen LogP contribution is 2.19. The molecule has 2 heterocycles. The van der Waals surface area contributed by atoms with E-state index in [4.69, 9.17) is 5.73 Å². The minimum absolute atomic E-state index is 0.000138. The van der Waals surface area contributed by atoms with E-state index in [1.807, 2.05) is 18.2 Å². The molecule has 1 aromatic carbocycles. The van der Waals surface area contributed by atoms with Crippen LogP contribution in [-0.2, 0) is 9.59 Å². The van der Waals surface area contributed by atoms with Crippen LogP contribution in [0.15, 0.2) is 53.5 Å². The van der Waals surface area contributed by atoms with Crippen molar-refractivity contribution in [2.45, 2.75) is 38.6 Å². The van der Waals surface area contributed by atoms with Gasteiger partial charge in [0.2, 0.25) is 11.8 Å². The number of anilines is 1. The Morgan fingerprint density at radius 1 is 1.17 bits per heavy atom. The highest BCUT2D eigenvalue weighted by molar-refractivity contribution is 6.04. The average molecular weight is 407 g/mol. The Bertz CT molecular complexity index is 985. The number of nitrogens with zero attached hydrogens (tertiary/aromatic N) is 3. The van der Waals surface area contributed by atoms with Crippen molar-refractivity contribution in [3.05, 3.63) is 59.8 Å². The molecule has 0 atom stereocenters. The lowest BCUT2D eigenvalue weighted by atomic mass is 10.00. The summed E-state index contributed by atoms with van der Waals surface area (Å²) in [5.41, 5.74) is 5.87. The summed E-state index contributed by atoms with van der Waals surface area (Å²) in [5, 5.41) is 2.81. The number of nitrogens with one attached hydrogen (secondary N) is 1. The number of nitrogens with two attached hydrogens (primary N) is 1. The van der Waals surface area contributed by atoms with E-state index >= 15 is 0 Å². The van der Waals surface area contributed by atoms with Gasteiger partial charge in [0.15, 0.2) is 0 Å². The van der Waals surface area contributed by atoms with Crippen LogP contribution in [0.1, 0.15) is 49.2 Å². The van der Waals surface area contributed by atoms with Crippen molar-refractivity contribution in [1.29, 1.82) is 0 Å². The smallest absolute Gasteiger partial charge is 0.270 e. The van der Waals surface area contributed by atoms with Gasteiger partial charge in [-0.05, 0) is 32.4 Å². The Morgan fingerprint density at radius 2 is 1.90 bits per heavy atom. The third-order valence-corrected chi connectivity index (χ3v) is 4.68. The van der Waals surface area contributed by atoms with E-state index in [2.05, 4.69) is 15.3 Å². The summed E-state index contributed by atoms with van der Waals surface area (Å²) >= 11 is 0. The van der Waals surface area contributed by atoms with Crippen molar-refractivity contribution in [1.82, 2.24) is 10.3 Å². The van der Waals surface area contributed by atoms with Crippen LogP contribution in [0.25, 0.3) is 0 Å². The van der Waals surface area contributed by atoms with Gasteiger partial charge in [0.25, 0.3) is 5.91 Å². The van der Waals surface area contributed by atoms with Crippen LogP contribution in [-0.4, -0.2) is 40.6 Å². The number of benzene rings is 1. The molecule has 1 aliphatic rings. The van der Waals surface area contributed by atoms with Crippen LogP contribution in [0.2, 0.25) is 0 Å². The number of carbonyl (C=O) groups excluding carboxylic acids is 3. The maximum absolute atomic E-state index is 12.7. The first-order chi connectivity index (χ1) is 14.2. The minimum Gasteiger partial charge on any atom is -0.383 e. The number of aliphatic imine (C=N–C) groups is 1. The van der Waals surface area contributed by atoms with Gasteiger partial charge < -0.3 is 11.1 Å². The molecule has 8 nitrogen and oxygen atoms in total. The number of aromatic nitrogens is 1. The van der Waals surface area contributed by atoms with E-state index in [1.165, 1.54) is 0 Å². The molecule has 0 aliphatic carbocycles. The zero-order valence-corrected chi connectivity index (χ0v) is 17.1. The van der Waals surface area contributed by atoms with E-state index in [0.29, 0.717) is 24.3 Å². The molecule has 0 saturated carbocycles. The first-order valence-electron chi connectivity index (χ1n) is 9.77. The SMILES string of the molecule is CC(C)(CC(=O)N=C(N)c1ccccc1)NC(=O)c1cccc(N2CCCC2=O)n1.